The van der Waals surface area contributed by atoms with Crippen LogP contribution in [0.5, 0.6) is 11.5 Å². The first-order valence-corrected chi connectivity index (χ1v) is 14.5. The lowest BCUT2D eigenvalue weighted by atomic mass is 9.83. The summed E-state index contributed by atoms with van der Waals surface area (Å²) in [5.41, 5.74) is 4.95. The van der Waals surface area contributed by atoms with Gasteiger partial charge in [-0.3, -0.25) is 4.79 Å². The van der Waals surface area contributed by atoms with Crippen LogP contribution in [-0.2, 0) is 22.7 Å². The highest BCUT2D eigenvalue weighted by atomic mass is 35.5. The average molecular weight is 576 g/mol. The monoisotopic (exact) mass is 575 g/mol. The molecule has 2 heterocycles. The lowest BCUT2D eigenvalue weighted by molar-refractivity contribution is -0.126. The quantitative estimate of drug-likeness (QED) is 0.294. The van der Waals surface area contributed by atoms with Gasteiger partial charge in [-0.2, -0.15) is 0 Å². The minimum absolute atomic E-state index is 0.0213. The van der Waals surface area contributed by atoms with Crippen LogP contribution in [0.25, 0.3) is 5.57 Å². The standard InChI is InChI=1S/C33H38ClN3O4/c1-37(21-24-8-3-5-10-29(24)34)33(38)32-28(18-26-19-35-20-30(32)36-26)23-12-14-27(15-13-23)41-17-7-16-40-22-25-9-4-6-11-31(25)39-2/h3-6,8-15,26,30,35-36H,7,16-22H2,1-2H3/t26-,30-/m1/s1. The molecule has 0 aromatic heterocycles. The first-order chi connectivity index (χ1) is 20.0. The molecule has 1 fully saturated rings. The number of carbonyl (C=O) groups excluding carboxylic acids is 1. The number of piperazine rings is 1. The molecule has 0 saturated carbocycles. The van der Waals surface area contributed by atoms with Crippen molar-refractivity contribution in [2.45, 2.75) is 38.1 Å². The second kappa shape index (κ2) is 14.0. The Bertz CT molecular complexity index is 1360. The summed E-state index contributed by atoms with van der Waals surface area (Å²) < 4.78 is 17.2. The van der Waals surface area contributed by atoms with Crippen molar-refractivity contribution in [1.29, 1.82) is 0 Å². The van der Waals surface area contributed by atoms with E-state index in [-0.39, 0.29) is 11.9 Å². The number of nitrogens with one attached hydrogen (secondary N) is 2. The summed E-state index contributed by atoms with van der Waals surface area (Å²) in [6, 6.07) is 23.9. The van der Waals surface area contributed by atoms with Crippen molar-refractivity contribution in [3.05, 3.63) is 100 Å². The molecule has 0 radical (unpaired) electrons. The van der Waals surface area contributed by atoms with E-state index in [1.165, 1.54) is 0 Å². The van der Waals surface area contributed by atoms with Crippen molar-refractivity contribution in [1.82, 2.24) is 15.5 Å². The van der Waals surface area contributed by atoms with Crippen molar-refractivity contribution >= 4 is 23.1 Å². The van der Waals surface area contributed by atoms with Crippen molar-refractivity contribution in [2.24, 2.45) is 0 Å². The molecule has 3 aromatic rings. The summed E-state index contributed by atoms with van der Waals surface area (Å²) in [5.74, 6) is 1.66. The van der Waals surface area contributed by atoms with Gasteiger partial charge in [0.1, 0.15) is 11.5 Å². The number of nitrogens with zero attached hydrogens (tertiary/aromatic N) is 1. The number of hydrogen-bond donors (Lipinski definition) is 2. The number of para-hydroxylation sites is 1. The molecule has 3 aromatic carbocycles. The molecular formula is C33H38ClN3O4. The van der Waals surface area contributed by atoms with Gasteiger partial charge in [0.05, 0.1) is 33.0 Å². The van der Waals surface area contributed by atoms with Crippen LogP contribution in [0, 0.1) is 0 Å². The number of amides is 1. The van der Waals surface area contributed by atoms with E-state index in [0.717, 1.165) is 65.3 Å². The molecular weight excluding hydrogens is 538 g/mol. The normalized spacial score (nSPS) is 18.2. The van der Waals surface area contributed by atoms with Gasteiger partial charge in [-0.15, -0.1) is 0 Å². The predicted octanol–water partition coefficient (Wildman–Crippen LogP) is 5.08. The number of ether oxygens (including phenoxy) is 3. The number of benzene rings is 3. The fourth-order valence-corrected chi connectivity index (χ4v) is 5.70. The fourth-order valence-electron chi connectivity index (χ4n) is 5.51. The van der Waals surface area contributed by atoms with E-state index in [1.807, 2.05) is 67.7 Å². The van der Waals surface area contributed by atoms with Crippen LogP contribution >= 0.6 is 11.6 Å². The summed E-state index contributed by atoms with van der Waals surface area (Å²) in [5, 5.41) is 7.79. The van der Waals surface area contributed by atoms with Gasteiger partial charge in [-0.25, -0.2) is 0 Å². The smallest absolute Gasteiger partial charge is 0.251 e. The summed E-state index contributed by atoms with van der Waals surface area (Å²) in [6.07, 6.45) is 1.56. The second-order valence-electron chi connectivity index (χ2n) is 10.5. The molecule has 7 nitrogen and oxygen atoms in total. The number of rotatable bonds is 12. The van der Waals surface area contributed by atoms with Gasteiger partial charge in [0, 0.05) is 55.3 Å². The Kier molecular flexibility index (Phi) is 9.96. The van der Waals surface area contributed by atoms with Gasteiger partial charge in [-0.05, 0) is 47.4 Å². The third-order valence-corrected chi connectivity index (χ3v) is 7.97. The molecule has 2 aliphatic heterocycles. The number of hydrogen-bond acceptors (Lipinski definition) is 6. The molecule has 41 heavy (non-hydrogen) atoms. The summed E-state index contributed by atoms with van der Waals surface area (Å²) in [4.78, 5) is 15.6. The number of carbonyl (C=O) groups is 1. The zero-order valence-electron chi connectivity index (χ0n) is 23.7. The third-order valence-electron chi connectivity index (χ3n) is 7.60. The zero-order chi connectivity index (χ0) is 28.6. The molecule has 2 bridgehead atoms. The van der Waals surface area contributed by atoms with Crippen LogP contribution in [0.1, 0.15) is 29.5 Å². The van der Waals surface area contributed by atoms with Crippen molar-refractivity contribution in [3.63, 3.8) is 0 Å². The lowest BCUT2D eigenvalue weighted by Crippen LogP contribution is -2.59. The maximum atomic E-state index is 13.8. The minimum atomic E-state index is -0.0366. The number of likely N-dealkylation sites (N-methyl/N-ethyl adjacent to an activating group) is 1. The topological polar surface area (TPSA) is 72.1 Å². The Balaban J connectivity index is 1.21. The highest BCUT2D eigenvalue weighted by Gasteiger charge is 2.36. The summed E-state index contributed by atoms with van der Waals surface area (Å²) >= 11 is 6.38. The number of methoxy groups -OCH3 is 1. The largest absolute Gasteiger partial charge is 0.496 e. The molecule has 2 aliphatic rings. The van der Waals surface area contributed by atoms with Crippen LogP contribution in [-0.4, -0.2) is 63.4 Å². The SMILES string of the molecule is COc1ccccc1COCCCOc1ccc(C2=C(C(=O)N(C)Cc3ccccc3Cl)[C@H]3CNC[C@@H](C2)N3)cc1. The molecule has 0 aliphatic carbocycles. The molecule has 0 unspecified atom stereocenters. The number of fused-ring (bicyclic) bond motifs is 2. The van der Waals surface area contributed by atoms with Gasteiger partial charge >= 0.3 is 0 Å². The highest BCUT2D eigenvalue weighted by Crippen LogP contribution is 2.33. The van der Waals surface area contributed by atoms with Crippen LogP contribution in [0.15, 0.2) is 78.4 Å². The Morgan fingerprint density at radius 3 is 2.51 bits per heavy atom. The number of halogens is 1. The van der Waals surface area contributed by atoms with E-state index < -0.39 is 0 Å². The molecule has 216 valence electrons. The second-order valence-corrected chi connectivity index (χ2v) is 10.9. The molecule has 5 rings (SSSR count). The molecule has 2 atom stereocenters. The summed E-state index contributed by atoms with van der Waals surface area (Å²) in [7, 11) is 3.51. The first kappa shape index (κ1) is 29.1. The Labute approximate surface area is 247 Å². The van der Waals surface area contributed by atoms with Gasteiger partial charge < -0.3 is 29.7 Å². The highest BCUT2D eigenvalue weighted by molar-refractivity contribution is 6.31. The van der Waals surface area contributed by atoms with E-state index in [2.05, 4.69) is 22.8 Å². The van der Waals surface area contributed by atoms with E-state index in [4.69, 9.17) is 25.8 Å². The zero-order valence-corrected chi connectivity index (χ0v) is 24.5. The Hall–Kier alpha value is -3.36. The van der Waals surface area contributed by atoms with Gasteiger partial charge in [0.2, 0.25) is 0 Å². The van der Waals surface area contributed by atoms with Crippen LogP contribution in [0.4, 0.5) is 0 Å². The Morgan fingerprint density at radius 2 is 1.73 bits per heavy atom. The average Bonchev–Trinajstić information content (AvgIpc) is 3.00. The van der Waals surface area contributed by atoms with Crippen LogP contribution in [0.2, 0.25) is 5.02 Å². The lowest BCUT2D eigenvalue weighted by Gasteiger charge is -2.40. The van der Waals surface area contributed by atoms with Crippen LogP contribution in [0.3, 0.4) is 0 Å². The predicted molar refractivity (Wildman–Crippen MR) is 162 cm³/mol. The maximum Gasteiger partial charge on any atom is 0.251 e. The van der Waals surface area contributed by atoms with E-state index in [9.17, 15) is 4.79 Å². The molecule has 1 amide bonds. The third kappa shape index (κ3) is 7.29. The Morgan fingerprint density at radius 1 is 0.976 bits per heavy atom. The molecule has 0 spiro atoms. The van der Waals surface area contributed by atoms with Gasteiger partial charge in [0.25, 0.3) is 5.91 Å². The summed E-state index contributed by atoms with van der Waals surface area (Å²) in [6.45, 7) is 3.73. The van der Waals surface area contributed by atoms with E-state index in [0.29, 0.717) is 37.4 Å². The van der Waals surface area contributed by atoms with Gasteiger partial charge in [-0.1, -0.05) is 60.1 Å². The van der Waals surface area contributed by atoms with Crippen molar-refractivity contribution in [3.8, 4) is 11.5 Å². The molecule has 8 heteroatoms. The molecule has 2 N–H and O–H groups in total. The fraction of sp³-hybridized carbons (Fsp3) is 0.364. The maximum absolute atomic E-state index is 13.8. The minimum Gasteiger partial charge on any atom is -0.496 e. The van der Waals surface area contributed by atoms with E-state index >= 15 is 0 Å². The van der Waals surface area contributed by atoms with Crippen molar-refractivity contribution < 1.29 is 19.0 Å². The van der Waals surface area contributed by atoms with E-state index in [1.54, 1.807) is 12.0 Å². The molecule has 1 saturated heterocycles. The van der Waals surface area contributed by atoms with Crippen LogP contribution < -0.4 is 20.1 Å². The van der Waals surface area contributed by atoms with Crippen molar-refractivity contribution in [2.75, 3.05) is 40.5 Å². The van der Waals surface area contributed by atoms with Gasteiger partial charge in [0.15, 0.2) is 0 Å². The first-order valence-electron chi connectivity index (χ1n) is 14.1.